The van der Waals surface area contributed by atoms with Gasteiger partial charge < -0.3 is 14.2 Å². The highest BCUT2D eigenvalue weighted by atomic mass is 16.6. The zero-order valence-corrected chi connectivity index (χ0v) is 18.9. The maximum atomic E-state index is 11.3. The van der Waals surface area contributed by atoms with Gasteiger partial charge in [-0.2, -0.15) is 0 Å². The van der Waals surface area contributed by atoms with Crippen LogP contribution in [-0.4, -0.2) is 41.4 Å². The van der Waals surface area contributed by atoms with Gasteiger partial charge >= 0.3 is 17.3 Å². The fraction of sp³-hybridized carbons (Fsp3) is 0.364. The number of hydrogen-bond acceptors (Lipinski definition) is 9. The highest BCUT2D eigenvalue weighted by molar-refractivity contribution is 5.94. The van der Waals surface area contributed by atoms with Crippen molar-refractivity contribution in [3.8, 4) is 11.5 Å². The number of nitro groups is 2. The lowest BCUT2D eigenvalue weighted by Crippen LogP contribution is -2.08. The van der Waals surface area contributed by atoms with Gasteiger partial charge in [0.25, 0.3) is 0 Å². The van der Waals surface area contributed by atoms with E-state index in [1.165, 1.54) is 43.3 Å². The average molecular weight is 462 g/mol. The standard InChI is InChI=1S/C12H15NO5.C10H11NO4/c1-3-17-11-7-9(8-12(14)18-4-2)5-6-10(11)13(15)16;1-3-15-10-6-8(7(2)12)4-5-9(10)11(13)14/h5-7H,3-4,8H2,1-2H3;4-6H,3H2,1-2H3. The summed E-state index contributed by atoms with van der Waals surface area (Å²) in [7, 11) is 0. The van der Waals surface area contributed by atoms with Crippen LogP contribution in [0.5, 0.6) is 11.5 Å². The first kappa shape index (κ1) is 27.0. The summed E-state index contributed by atoms with van der Waals surface area (Å²) in [5.41, 5.74) is 0.804. The third-order valence-electron chi connectivity index (χ3n) is 4.04. The smallest absolute Gasteiger partial charge is 0.310 e. The lowest BCUT2D eigenvalue weighted by atomic mass is 10.1. The number of ketones is 1. The molecule has 2 rings (SSSR count). The Morgan fingerprint density at radius 2 is 1.33 bits per heavy atom. The fourth-order valence-corrected chi connectivity index (χ4v) is 2.62. The van der Waals surface area contributed by atoms with Crippen LogP contribution in [0, 0.1) is 20.2 Å². The Balaban J connectivity index is 0.000000335. The molecule has 0 radical (unpaired) electrons. The second-order valence-electron chi connectivity index (χ2n) is 6.40. The molecule has 11 heteroatoms. The minimum absolute atomic E-state index is 0.0753. The lowest BCUT2D eigenvalue weighted by Gasteiger charge is -2.07. The molecule has 0 aromatic heterocycles. The van der Waals surface area contributed by atoms with Gasteiger partial charge in [0.05, 0.1) is 36.1 Å². The molecule has 0 aliphatic carbocycles. The van der Waals surface area contributed by atoms with Gasteiger partial charge in [0.15, 0.2) is 17.3 Å². The molecule has 0 bridgehead atoms. The van der Waals surface area contributed by atoms with E-state index in [9.17, 15) is 29.8 Å². The van der Waals surface area contributed by atoms with Crippen LogP contribution in [0.3, 0.4) is 0 Å². The van der Waals surface area contributed by atoms with Crippen LogP contribution < -0.4 is 9.47 Å². The third-order valence-corrected chi connectivity index (χ3v) is 4.04. The number of carbonyl (C=O) groups excluding carboxylic acids is 2. The van der Waals surface area contributed by atoms with Gasteiger partial charge in [-0.1, -0.05) is 6.07 Å². The molecule has 0 fully saturated rings. The maximum Gasteiger partial charge on any atom is 0.310 e. The number of esters is 1. The van der Waals surface area contributed by atoms with Crippen LogP contribution in [-0.2, 0) is 16.0 Å². The SMILES string of the molecule is CCOC(=O)Cc1ccc([N+](=O)[O-])c(OCC)c1.CCOc1cc(C(C)=O)ccc1[N+](=O)[O-]. The molecule has 11 nitrogen and oxygen atoms in total. The first-order chi connectivity index (χ1) is 15.6. The Labute approximate surface area is 190 Å². The van der Waals surface area contributed by atoms with E-state index >= 15 is 0 Å². The number of rotatable bonds is 10. The van der Waals surface area contributed by atoms with Gasteiger partial charge in [-0.05, 0) is 51.5 Å². The lowest BCUT2D eigenvalue weighted by molar-refractivity contribution is -0.386. The second-order valence-corrected chi connectivity index (χ2v) is 6.40. The number of nitro benzene ring substituents is 2. The molecule has 2 aromatic rings. The number of benzene rings is 2. The minimum Gasteiger partial charge on any atom is -0.487 e. The largest absolute Gasteiger partial charge is 0.487 e. The summed E-state index contributed by atoms with van der Waals surface area (Å²) < 4.78 is 15.1. The summed E-state index contributed by atoms with van der Waals surface area (Å²) in [5, 5.41) is 21.4. The normalized spacial score (nSPS) is 9.82. The van der Waals surface area contributed by atoms with Gasteiger partial charge in [-0.3, -0.25) is 29.8 Å². The van der Waals surface area contributed by atoms with Gasteiger partial charge in [0.2, 0.25) is 0 Å². The minimum atomic E-state index is -0.533. The molecule has 2 aromatic carbocycles. The van der Waals surface area contributed by atoms with Gasteiger partial charge in [0, 0.05) is 17.7 Å². The van der Waals surface area contributed by atoms with Crippen LogP contribution >= 0.6 is 0 Å². The quantitative estimate of drug-likeness (QED) is 0.218. The zero-order chi connectivity index (χ0) is 25.0. The predicted octanol–water partition coefficient (Wildman–Crippen LogP) is 4.30. The van der Waals surface area contributed by atoms with E-state index < -0.39 is 9.85 Å². The highest BCUT2D eigenvalue weighted by Crippen LogP contribution is 2.29. The molecule has 0 atom stereocenters. The number of hydrogen-bond donors (Lipinski definition) is 0. The summed E-state index contributed by atoms with van der Waals surface area (Å²) in [5.74, 6) is -0.209. The van der Waals surface area contributed by atoms with Crippen molar-refractivity contribution >= 4 is 23.1 Å². The average Bonchev–Trinajstić information content (AvgIpc) is 2.74. The molecule has 0 aliphatic heterocycles. The molecule has 0 saturated heterocycles. The molecular formula is C22H26N2O9. The van der Waals surface area contributed by atoms with Crippen LogP contribution in [0.2, 0.25) is 0 Å². The predicted molar refractivity (Wildman–Crippen MR) is 119 cm³/mol. The van der Waals surface area contributed by atoms with Crippen molar-refractivity contribution < 1.29 is 33.6 Å². The van der Waals surface area contributed by atoms with Crippen molar-refractivity contribution in [1.82, 2.24) is 0 Å². The summed E-state index contributed by atoms with van der Waals surface area (Å²) in [6.45, 7) is 7.54. The van der Waals surface area contributed by atoms with Crippen LogP contribution in [0.1, 0.15) is 43.6 Å². The van der Waals surface area contributed by atoms with Crippen molar-refractivity contribution in [3.63, 3.8) is 0 Å². The van der Waals surface area contributed by atoms with Gasteiger partial charge in [0.1, 0.15) is 0 Å². The maximum absolute atomic E-state index is 11.3. The van der Waals surface area contributed by atoms with E-state index in [1.807, 2.05) is 0 Å². The Morgan fingerprint density at radius 1 is 0.818 bits per heavy atom. The van der Waals surface area contributed by atoms with Crippen LogP contribution in [0.25, 0.3) is 0 Å². The molecule has 0 N–H and O–H groups in total. The highest BCUT2D eigenvalue weighted by Gasteiger charge is 2.17. The van der Waals surface area contributed by atoms with Crippen LogP contribution in [0.15, 0.2) is 36.4 Å². The summed E-state index contributed by atoms with van der Waals surface area (Å²) in [6, 6.07) is 8.45. The Kier molecular flexibility index (Phi) is 11.0. The van der Waals surface area contributed by atoms with E-state index in [1.54, 1.807) is 20.8 Å². The van der Waals surface area contributed by atoms with E-state index in [0.717, 1.165) is 0 Å². The molecule has 33 heavy (non-hydrogen) atoms. The topological polar surface area (TPSA) is 148 Å². The summed E-state index contributed by atoms with van der Waals surface area (Å²) in [6.07, 6.45) is 0.0753. The van der Waals surface area contributed by atoms with Crippen molar-refractivity contribution in [2.24, 2.45) is 0 Å². The molecule has 0 spiro atoms. The van der Waals surface area contributed by atoms with Crippen LogP contribution in [0.4, 0.5) is 11.4 Å². The Hall–Kier alpha value is -4.02. The molecule has 178 valence electrons. The van der Waals surface area contributed by atoms with Crippen molar-refractivity contribution in [1.29, 1.82) is 0 Å². The van der Waals surface area contributed by atoms with E-state index in [0.29, 0.717) is 30.9 Å². The van der Waals surface area contributed by atoms with E-state index in [4.69, 9.17) is 14.2 Å². The third kappa shape index (κ3) is 8.56. The molecule has 0 aliphatic rings. The fourth-order valence-electron chi connectivity index (χ4n) is 2.62. The number of nitrogens with zero attached hydrogens (tertiary/aromatic N) is 2. The summed E-state index contributed by atoms with van der Waals surface area (Å²) >= 11 is 0. The Morgan fingerprint density at radius 3 is 1.79 bits per heavy atom. The first-order valence-electron chi connectivity index (χ1n) is 10.1. The van der Waals surface area contributed by atoms with Crippen molar-refractivity contribution in [3.05, 3.63) is 67.8 Å². The number of carbonyl (C=O) groups is 2. The second kappa shape index (κ2) is 13.4. The molecule has 0 heterocycles. The summed E-state index contributed by atoms with van der Waals surface area (Å²) in [4.78, 5) is 42.7. The van der Waals surface area contributed by atoms with E-state index in [2.05, 4.69) is 0 Å². The molecule has 0 unspecified atom stereocenters. The van der Waals surface area contributed by atoms with Gasteiger partial charge in [-0.25, -0.2) is 0 Å². The monoisotopic (exact) mass is 462 g/mol. The number of Topliss-reactive ketones (excluding diaryl/α,β-unsaturated/α-hetero) is 1. The van der Waals surface area contributed by atoms with Crippen molar-refractivity contribution in [2.45, 2.75) is 34.1 Å². The zero-order valence-electron chi connectivity index (χ0n) is 18.9. The first-order valence-corrected chi connectivity index (χ1v) is 10.1. The Bertz CT molecular complexity index is 1010. The molecule has 0 amide bonds. The molecular weight excluding hydrogens is 436 g/mol. The van der Waals surface area contributed by atoms with E-state index in [-0.39, 0.29) is 41.0 Å². The number of ether oxygens (including phenoxy) is 3. The van der Waals surface area contributed by atoms with Gasteiger partial charge in [-0.15, -0.1) is 0 Å². The molecule has 0 saturated carbocycles. The van der Waals surface area contributed by atoms with Crippen molar-refractivity contribution in [2.75, 3.05) is 19.8 Å².